The summed E-state index contributed by atoms with van der Waals surface area (Å²) in [7, 11) is 0. The fourth-order valence-electron chi connectivity index (χ4n) is 1.72. The first-order valence-electron chi connectivity index (χ1n) is 5.78. The average Bonchev–Trinajstić information content (AvgIpc) is 2.29. The van der Waals surface area contributed by atoms with Crippen LogP contribution in [0.25, 0.3) is 0 Å². The van der Waals surface area contributed by atoms with E-state index >= 15 is 0 Å². The van der Waals surface area contributed by atoms with E-state index in [0.717, 1.165) is 0 Å². The third-order valence-corrected chi connectivity index (χ3v) is 2.55. The maximum absolute atomic E-state index is 13.2. The predicted molar refractivity (Wildman–Crippen MR) is 68.4 cm³/mol. The van der Waals surface area contributed by atoms with Crippen LogP contribution in [0.5, 0.6) is 0 Å². The topological polar surface area (TPSA) is 115 Å². The number of rotatable bonds is 5. The highest BCUT2D eigenvalue weighted by atomic mass is 19.2. The number of nitrogens with zero attached hydrogens (tertiary/aromatic N) is 1. The summed E-state index contributed by atoms with van der Waals surface area (Å²) in [5.41, 5.74) is 2.40. The second-order valence-electron chi connectivity index (χ2n) is 5.02. The van der Waals surface area contributed by atoms with Crippen LogP contribution in [-0.4, -0.2) is 22.3 Å². The lowest BCUT2D eigenvalue weighted by atomic mass is 9.99. The molecule has 0 aliphatic heterocycles. The van der Waals surface area contributed by atoms with Crippen LogP contribution in [0.1, 0.15) is 30.6 Å². The van der Waals surface area contributed by atoms with E-state index in [-0.39, 0.29) is 6.42 Å². The van der Waals surface area contributed by atoms with E-state index in [0.29, 0.717) is 12.1 Å². The molecule has 0 bridgehead atoms. The molecular weight excluding hydrogens is 288 g/mol. The minimum Gasteiger partial charge on any atom is -0.370 e. The Bertz CT molecular complexity index is 617. The lowest BCUT2D eigenvalue weighted by Gasteiger charge is -2.24. The van der Waals surface area contributed by atoms with Crippen molar-refractivity contribution in [3.63, 3.8) is 0 Å². The molecule has 114 valence electrons. The van der Waals surface area contributed by atoms with Crippen LogP contribution in [-0.2, 0) is 4.79 Å². The Hall–Kier alpha value is -2.58. The first kappa shape index (κ1) is 16.5. The molecule has 0 fully saturated rings. The number of amides is 2. The van der Waals surface area contributed by atoms with Crippen molar-refractivity contribution in [2.75, 3.05) is 0 Å². The van der Waals surface area contributed by atoms with Gasteiger partial charge in [-0.15, -0.1) is 0 Å². The Morgan fingerprint density at radius 2 is 1.86 bits per heavy atom. The summed E-state index contributed by atoms with van der Waals surface area (Å²) >= 11 is 0. The Morgan fingerprint density at radius 1 is 1.33 bits per heavy atom. The van der Waals surface area contributed by atoms with Gasteiger partial charge < -0.3 is 11.1 Å². The smallest absolute Gasteiger partial charge is 0.285 e. The fraction of sp³-hybridized carbons (Fsp3) is 0.333. The Kier molecular flexibility index (Phi) is 4.56. The highest BCUT2D eigenvalue weighted by Gasteiger charge is 2.29. The molecule has 3 N–H and O–H groups in total. The van der Waals surface area contributed by atoms with Crippen molar-refractivity contribution in [2.45, 2.75) is 25.8 Å². The van der Waals surface area contributed by atoms with Gasteiger partial charge in [-0.3, -0.25) is 19.7 Å². The molecule has 0 radical (unpaired) electrons. The molecule has 2 amide bonds. The molecule has 7 nitrogen and oxygen atoms in total. The van der Waals surface area contributed by atoms with E-state index < -0.39 is 45.2 Å². The monoisotopic (exact) mass is 301 g/mol. The molecule has 1 aromatic carbocycles. The number of hydrogen-bond acceptors (Lipinski definition) is 4. The lowest BCUT2D eigenvalue weighted by Crippen LogP contribution is -2.46. The minimum atomic E-state index is -1.44. The van der Waals surface area contributed by atoms with Gasteiger partial charge in [-0.25, -0.2) is 8.78 Å². The molecule has 21 heavy (non-hydrogen) atoms. The zero-order valence-corrected chi connectivity index (χ0v) is 11.3. The molecule has 0 saturated heterocycles. The number of hydrogen-bond donors (Lipinski definition) is 2. The summed E-state index contributed by atoms with van der Waals surface area (Å²) in [4.78, 5) is 32.6. The van der Waals surface area contributed by atoms with Gasteiger partial charge in [0.25, 0.3) is 11.6 Å². The number of nitro groups is 1. The molecule has 0 heterocycles. The third kappa shape index (κ3) is 4.20. The number of halogens is 2. The van der Waals surface area contributed by atoms with Crippen molar-refractivity contribution >= 4 is 17.5 Å². The molecule has 0 unspecified atom stereocenters. The maximum Gasteiger partial charge on any atom is 0.285 e. The van der Waals surface area contributed by atoms with E-state index in [1.54, 1.807) is 0 Å². The second kappa shape index (κ2) is 5.81. The van der Waals surface area contributed by atoms with Crippen molar-refractivity contribution < 1.29 is 23.3 Å². The van der Waals surface area contributed by atoms with Gasteiger partial charge in [-0.05, 0) is 19.9 Å². The van der Waals surface area contributed by atoms with Crippen LogP contribution in [0.2, 0.25) is 0 Å². The Morgan fingerprint density at radius 3 is 2.33 bits per heavy atom. The van der Waals surface area contributed by atoms with Crippen molar-refractivity contribution in [1.82, 2.24) is 5.32 Å². The first-order valence-corrected chi connectivity index (χ1v) is 5.78. The molecule has 9 heteroatoms. The fourth-order valence-corrected chi connectivity index (χ4v) is 1.72. The van der Waals surface area contributed by atoms with Crippen LogP contribution >= 0.6 is 0 Å². The molecule has 0 aromatic heterocycles. The number of nitro benzene ring substituents is 1. The van der Waals surface area contributed by atoms with Gasteiger partial charge in [0, 0.05) is 12.0 Å². The van der Waals surface area contributed by atoms with E-state index in [2.05, 4.69) is 5.32 Å². The van der Waals surface area contributed by atoms with E-state index in [1.807, 2.05) is 0 Å². The summed E-state index contributed by atoms with van der Waals surface area (Å²) in [5, 5.41) is 13.1. The van der Waals surface area contributed by atoms with Gasteiger partial charge in [0.1, 0.15) is 5.56 Å². The van der Waals surface area contributed by atoms with Crippen LogP contribution < -0.4 is 11.1 Å². The number of carbonyl (C=O) groups is 2. The number of primary amides is 1. The third-order valence-electron chi connectivity index (χ3n) is 2.55. The maximum atomic E-state index is 13.2. The van der Waals surface area contributed by atoms with Crippen LogP contribution in [0, 0.1) is 21.7 Å². The zero-order chi connectivity index (χ0) is 16.4. The average molecular weight is 301 g/mol. The molecule has 0 spiro atoms. The van der Waals surface area contributed by atoms with Gasteiger partial charge in [0.15, 0.2) is 11.6 Å². The SMILES string of the molecule is CC(C)(CC(N)=O)NC(=O)c1cc(F)c(F)cc1[N+](=O)[O-]. The van der Waals surface area contributed by atoms with Crippen LogP contribution in [0.4, 0.5) is 14.5 Å². The van der Waals surface area contributed by atoms with Crippen molar-refractivity contribution in [1.29, 1.82) is 0 Å². The quantitative estimate of drug-likeness (QED) is 0.629. The lowest BCUT2D eigenvalue weighted by molar-refractivity contribution is -0.385. The zero-order valence-electron chi connectivity index (χ0n) is 11.3. The van der Waals surface area contributed by atoms with Crippen molar-refractivity contribution in [3.05, 3.63) is 39.4 Å². The Labute approximate surface area is 118 Å². The predicted octanol–water partition coefficient (Wildman–Crippen LogP) is 1.26. The summed E-state index contributed by atoms with van der Waals surface area (Å²) in [6.45, 7) is 2.92. The molecule has 1 aromatic rings. The number of benzene rings is 1. The van der Waals surface area contributed by atoms with Gasteiger partial charge in [-0.2, -0.15) is 0 Å². The second-order valence-corrected chi connectivity index (χ2v) is 5.02. The highest BCUT2D eigenvalue weighted by molar-refractivity contribution is 5.98. The van der Waals surface area contributed by atoms with Gasteiger partial charge in [-0.1, -0.05) is 0 Å². The molecular formula is C12H13F2N3O4. The molecule has 0 aliphatic rings. The molecule has 0 atom stereocenters. The highest BCUT2D eigenvalue weighted by Crippen LogP contribution is 2.23. The van der Waals surface area contributed by atoms with Gasteiger partial charge >= 0.3 is 0 Å². The first-order chi connectivity index (χ1) is 9.53. The standard InChI is InChI=1S/C12H13F2N3O4/c1-12(2,5-10(15)18)16-11(19)6-3-7(13)8(14)4-9(6)17(20)21/h3-4H,5H2,1-2H3,(H2,15,18)(H,16,19). The van der Waals surface area contributed by atoms with Crippen molar-refractivity contribution in [3.8, 4) is 0 Å². The summed E-state index contributed by atoms with van der Waals surface area (Å²) < 4.78 is 26.2. The van der Waals surface area contributed by atoms with Gasteiger partial charge in [0.05, 0.1) is 11.0 Å². The summed E-state index contributed by atoms with van der Waals surface area (Å²) in [5.74, 6) is -4.53. The van der Waals surface area contributed by atoms with Crippen LogP contribution in [0.3, 0.4) is 0 Å². The minimum absolute atomic E-state index is 0.226. The number of carbonyl (C=O) groups excluding carboxylic acids is 2. The number of nitrogens with one attached hydrogen (secondary N) is 1. The van der Waals surface area contributed by atoms with E-state index in [4.69, 9.17) is 5.73 Å². The van der Waals surface area contributed by atoms with E-state index in [9.17, 15) is 28.5 Å². The van der Waals surface area contributed by atoms with Crippen molar-refractivity contribution in [2.24, 2.45) is 5.73 Å². The molecule has 1 rings (SSSR count). The summed E-state index contributed by atoms with van der Waals surface area (Å²) in [6.07, 6.45) is -0.226. The summed E-state index contributed by atoms with van der Waals surface area (Å²) in [6, 6.07) is 0.758. The number of nitrogens with two attached hydrogens (primary N) is 1. The van der Waals surface area contributed by atoms with Crippen LogP contribution in [0.15, 0.2) is 12.1 Å². The largest absolute Gasteiger partial charge is 0.370 e. The van der Waals surface area contributed by atoms with Gasteiger partial charge in [0.2, 0.25) is 5.91 Å². The molecule has 0 aliphatic carbocycles. The normalized spacial score (nSPS) is 11.0. The Balaban J connectivity index is 3.15. The van der Waals surface area contributed by atoms with E-state index in [1.165, 1.54) is 13.8 Å². The molecule has 0 saturated carbocycles.